The molecule has 0 saturated heterocycles. The van der Waals surface area contributed by atoms with E-state index >= 15 is 0 Å². The number of carbonyl (C=O) groups excluding carboxylic acids is 1. The van der Waals surface area contributed by atoms with Gasteiger partial charge in [0.25, 0.3) is 0 Å². The molecule has 0 rings (SSSR count). The third-order valence-corrected chi connectivity index (χ3v) is 3.18. The lowest BCUT2D eigenvalue weighted by Crippen LogP contribution is -2.46. The molecule has 0 radical (unpaired) electrons. The van der Waals surface area contributed by atoms with Crippen LogP contribution in [0, 0.1) is 5.92 Å². The van der Waals surface area contributed by atoms with E-state index in [1.54, 1.807) is 0 Å². The molecule has 3 N–H and O–H groups in total. The molecule has 0 fully saturated rings. The molecule has 0 aliphatic heterocycles. The van der Waals surface area contributed by atoms with Gasteiger partial charge in [0.1, 0.15) is 0 Å². The van der Waals surface area contributed by atoms with Crippen molar-refractivity contribution < 1.29 is 4.79 Å². The summed E-state index contributed by atoms with van der Waals surface area (Å²) in [4.78, 5) is 13.9. The molecular weight excluding hydrogens is 202 g/mol. The minimum Gasteiger partial charge on any atom is -0.353 e. The van der Waals surface area contributed by atoms with Crippen molar-refractivity contribution in [1.29, 1.82) is 0 Å². The Kier molecular flexibility index (Phi) is 8.21. The van der Waals surface area contributed by atoms with Crippen LogP contribution in [0.3, 0.4) is 0 Å². The van der Waals surface area contributed by atoms with Gasteiger partial charge in [0.05, 0.1) is 6.04 Å². The Labute approximate surface area is 99.6 Å². The Morgan fingerprint density at radius 2 is 1.88 bits per heavy atom. The molecule has 2 atom stereocenters. The molecule has 0 saturated carbocycles. The Hall–Kier alpha value is -0.610. The van der Waals surface area contributed by atoms with Gasteiger partial charge in [-0.05, 0) is 19.0 Å². The van der Waals surface area contributed by atoms with E-state index in [-0.39, 0.29) is 17.9 Å². The van der Waals surface area contributed by atoms with Crippen molar-refractivity contribution in [2.75, 3.05) is 26.2 Å². The first-order valence-electron chi connectivity index (χ1n) is 6.32. The highest BCUT2D eigenvalue weighted by molar-refractivity contribution is 5.81. The number of likely N-dealkylation sites (N-methyl/N-ethyl adjacent to an activating group) is 1. The van der Waals surface area contributed by atoms with Gasteiger partial charge in [-0.3, -0.25) is 4.79 Å². The molecule has 0 spiro atoms. The number of nitrogens with zero attached hydrogens (tertiary/aromatic N) is 1. The normalized spacial score (nSPS) is 14.9. The van der Waals surface area contributed by atoms with E-state index in [1.807, 2.05) is 13.8 Å². The molecule has 0 aliphatic rings. The zero-order chi connectivity index (χ0) is 12.6. The van der Waals surface area contributed by atoms with Crippen LogP contribution in [0.15, 0.2) is 0 Å². The predicted octanol–water partition coefficient (Wildman–Crippen LogP) is 0.818. The molecule has 0 aromatic rings. The summed E-state index contributed by atoms with van der Waals surface area (Å²) in [6, 6.07) is -0.373. The summed E-state index contributed by atoms with van der Waals surface area (Å²) in [6.45, 7) is 11.9. The summed E-state index contributed by atoms with van der Waals surface area (Å²) >= 11 is 0. The average molecular weight is 229 g/mol. The van der Waals surface area contributed by atoms with E-state index in [9.17, 15) is 4.79 Å². The third kappa shape index (κ3) is 5.47. The van der Waals surface area contributed by atoms with E-state index in [0.29, 0.717) is 6.54 Å². The van der Waals surface area contributed by atoms with Gasteiger partial charge >= 0.3 is 0 Å². The molecule has 16 heavy (non-hydrogen) atoms. The van der Waals surface area contributed by atoms with Crippen LogP contribution >= 0.6 is 0 Å². The summed E-state index contributed by atoms with van der Waals surface area (Å²) < 4.78 is 0. The molecule has 0 heterocycles. The van der Waals surface area contributed by atoms with Gasteiger partial charge in [0, 0.05) is 13.1 Å². The predicted molar refractivity (Wildman–Crippen MR) is 68.2 cm³/mol. The van der Waals surface area contributed by atoms with Crippen molar-refractivity contribution in [2.24, 2.45) is 11.7 Å². The highest BCUT2D eigenvalue weighted by atomic mass is 16.2. The van der Waals surface area contributed by atoms with Gasteiger partial charge in [-0.1, -0.05) is 34.1 Å². The third-order valence-electron chi connectivity index (χ3n) is 3.18. The molecule has 0 aromatic carbocycles. The number of hydrogen-bond acceptors (Lipinski definition) is 3. The van der Waals surface area contributed by atoms with Crippen LogP contribution in [0.4, 0.5) is 0 Å². The highest BCUT2D eigenvalue weighted by Gasteiger charge is 2.18. The number of nitrogens with two attached hydrogens (primary N) is 1. The molecule has 4 nitrogen and oxygen atoms in total. The standard InChI is InChI=1S/C12H27N3O/c1-5-10(4)11(13)12(16)14-8-9-15(6-2)7-3/h10-11H,5-9,13H2,1-4H3,(H,14,16)/t10?,11-/m0/s1. The van der Waals surface area contributed by atoms with Crippen LogP contribution in [0.2, 0.25) is 0 Å². The number of amides is 1. The van der Waals surface area contributed by atoms with Crippen molar-refractivity contribution in [1.82, 2.24) is 10.2 Å². The molecule has 0 bridgehead atoms. The van der Waals surface area contributed by atoms with Crippen molar-refractivity contribution in [2.45, 2.75) is 40.2 Å². The lowest BCUT2D eigenvalue weighted by atomic mass is 9.99. The average Bonchev–Trinajstić information content (AvgIpc) is 2.32. The van der Waals surface area contributed by atoms with Crippen LogP contribution in [0.5, 0.6) is 0 Å². The zero-order valence-corrected chi connectivity index (χ0v) is 11.1. The second-order valence-electron chi connectivity index (χ2n) is 4.23. The fourth-order valence-corrected chi connectivity index (χ4v) is 1.51. The van der Waals surface area contributed by atoms with Crippen LogP contribution < -0.4 is 11.1 Å². The summed E-state index contributed by atoms with van der Waals surface area (Å²) in [6.07, 6.45) is 0.935. The number of carbonyl (C=O) groups is 1. The molecular formula is C12H27N3O. The molecule has 0 aliphatic carbocycles. The topological polar surface area (TPSA) is 58.4 Å². The lowest BCUT2D eigenvalue weighted by molar-refractivity contribution is -0.123. The fourth-order valence-electron chi connectivity index (χ4n) is 1.51. The SMILES string of the molecule is CCC(C)[C@H](N)C(=O)NCCN(CC)CC. The van der Waals surface area contributed by atoms with E-state index in [1.165, 1.54) is 0 Å². The van der Waals surface area contributed by atoms with Crippen LogP contribution in [0.1, 0.15) is 34.1 Å². The van der Waals surface area contributed by atoms with E-state index < -0.39 is 0 Å². The van der Waals surface area contributed by atoms with Crippen LogP contribution in [-0.2, 0) is 4.79 Å². The maximum atomic E-state index is 11.6. The highest BCUT2D eigenvalue weighted by Crippen LogP contribution is 2.04. The molecule has 96 valence electrons. The van der Waals surface area contributed by atoms with Gasteiger partial charge in [0.2, 0.25) is 5.91 Å². The number of rotatable bonds is 8. The van der Waals surface area contributed by atoms with Crippen LogP contribution in [0.25, 0.3) is 0 Å². The van der Waals surface area contributed by atoms with E-state index in [2.05, 4.69) is 24.1 Å². The maximum absolute atomic E-state index is 11.6. The summed E-state index contributed by atoms with van der Waals surface area (Å²) in [5, 5.41) is 2.89. The quantitative estimate of drug-likeness (QED) is 0.648. The van der Waals surface area contributed by atoms with Crippen molar-refractivity contribution >= 4 is 5.91 Å². The largest absolute Gasteiger partial charge is 0.353 e. The summed E-state index contributed by atoms with van der Waals surface area (Å²) in [5.41, 5.74) is 5.83. The molecule has 1 unspecified atom stereocenters. The number of hydrogen-bond donors (Lipinski definition) is 2. The monoisotopic (exact) mass is 229 g/mol. The lowest BCUT2D eigenvalue weighted by Gasteiger charge is -2.21. The second-order valence-corrected chi connectivity index (χ2v) is 4.23. The smallest absolute Gasteiger partial charge is 0.237 e. The Balaban J connectivity index is 3.80. The van der Waals surface area contributed by atoms with Gasteiger partial charge < -0.3 is 16.0 Å². The van der Waals surface area contributed by atoms with Gasteiger partial charge in [-0.2, -0.15) is 0 Å². The first kappa shape index (κ1) is 15.4. The maximum Gasteiger partial charge on any atom is 0.237 e. The Morgan fingerprint density at radius 3 is 2.31 bits per heavy atom. The Morgan fingerprint density at radius 1 is 1.31 bits per heavy atom. The van der Waals surface area contributed by atoms with Crippen molar-refractivity contribution in [3.05, 3.63) is 0 Å². The van der Waals surface area contributed by atoms with Gasteiger partial charge in [-0.25, -0.2) is 0 Å². The van der Waals surface area contributed by atoms with Crippen molar-refractivity contribution in [3.63, 3.8) is 0 Å². The molecule has 0 aromatic heterocycles. The van der Waals surface area contributed by atoms with Gasteiger partial charge in [-0.15, -0.1) is 0 Å². The minimum absolute atomic E-state index is 0.0264. The first-order chi connectivity index (χ1) is 7.56. The van der Waals surface area contributed by atoms with Crippen LogP contribution in [-0.4, -0.2) is 43.0 Å². The van der Waals surface area contributed by atoms with E-state index in [0.717, 1.165) is 26.1 Å². The fraction of sp³-hybridized carbons (Fsp3) is 0.917. The van der Waals surface area contributed by atoms with Crippen molar-refractivity contribution in [3.8, 4) is 0 Å². The zero-order valence-electron chi connectivity index (χ0n) is 11.1. The Bertz CT molecular complexity index is 193. The molecule has 1 amide bonds. The molecule has 4 heteroatoms. The summed E-state index contributed by atoms with van der Waals surface area (Å²) in [5.74, 6) is 0.218. The minimum atomic E-state index is -0.373. The van der Waals surface area contributed by atoms with E-state index in [4.69, 9.17) is 5.73 Å². The number of nitrogens with one attached hydrogen (secondary N) is 1. The van der Waals surface area contributed by atoms with Gasteiger partial charge in [0.15, 0.2) is 0 Å². The second kappa shape index (κ2) is 8.53. The first-order valence-corrected chi connectivity index (χ1v) is 6.32. The summed E-state index contributed by atoms with van der Waals surface area (Å²) in [7, 11) is 0.